The van der Waals surface area contributed by atoms with Gasteiger partial charge in [-0.25, -0.2) is 9.97 Å². The van der Waals surface area contributed by atoms with E-state index in [4.69, 9.17) is 9.97 Å². The highest BCUT2D eigenvalue weighted by atomic mass is 32.1. The largest absolute Gasteiger partial charge is 0.356 e. The fraction of sp³-hybridized carbons (Fsp3) is 0.333. The van der Waals surface area contributed by atoms with E-state index < -0.39 is 0 Å². The Hall–Kier alpha value is -1.98. The van der Waals surface area contributed by atoms with Gasteiger partial charge in [0.25, 0.3) is 0 Å². The van der Waals surface area contributed by atoms with Crippen LogP contribution in [0.5, 0.6) is 0 Å². The molecule has 0 atom stereocenters. The molecule has 0 unspecified atom stereocenters. The highest BCUT2D eigenvalue weighted by Crippen LogP contribution is 2.39. The molecule has 2 aromatic heterocycles. The van der Waals surface area contributed by atoms with Gasteiger partial charge in [-0.15, -0.1) is 11.3 Å². The zero-order valence-electron chi connectivity index (χ0n) is 13.5. The predicted molar refractivity (Wildman–Crippen MR) is 97.1 cm³/mol. The zero-order valence-corrected chi connectivity index (χ0v) is 14.3. The van der Waals surface area contributed by atoms with Gasteiger partial charge < -0.3 is 9.80 Å². The van der Waals surface area contributed by atoms with E-state index in [2.05, 4.69) is 59.6 Å². The number of rotatable bonds is 4. The van der Waals surface area contributed by atoms with Gasteiger partial charge in [-0.1, -0.05) is 30.3 Å². The first-order chi connectivity index (χ1) is 11.2. The smallest absolute Gasteiger partial charge is 0.146 e. The molecule has 0 amide bonds. The molecule has 0 aliphatic carbocycles. The van der Waals surface area contributed by atoms with Gasteiger partial charge in [0.1, 0.15) is 16.5 Å². The van der Waals surface area contributed by atoms with E-state index in [0.29, 0.717) is 0 Å². The molecular formula is C18H20N4S. The van der Waals surface area contributed by atoms with E-state index in [0.717, 1.165) is 36.1 Å². The van der Waals surface area contributed by atoms with Crippen molar-refractivity contribution in [1.82, 2.24) is 14.9 Å². The predicted octanol–water partition coefficient (Wildman–Crippen LogP) is 3.63. The van der Waals surface area contributed by atoms with Crippen LogP contribution in [0.25, 0.3) is 21.3 Å². The summed E-state index contributed by atoms with van der Waals surface area (Å²) >= 11 is 1.72. The third-order valence-electron chi connectivity index (χ3n) is 4.16. The molecule has 3 heterocycles. The summed E-state index contributed by atoms with van der Waals surface area (Å²) in [6.45, 7) is 2.96. The summed E-state index contributed by atoms with van der Waals surface area (Å²) < 4.78 is 0. The molecular weight excluding hydrogens is 304 g/mol. The number of anilines is 1. The molecule has 1 aromatic carbocycles. The molecule has 0 bridgehead atoms. The Morgan fingerprint density at radius 2 is 1.91 bits per heavy atom. The summed E-state index contributed by atoms with van der Waals surface area (Å²) in [7, 11) is 4.11. The minimum absolute atomic E-state index is 0.773. The molecule has 0 saturated carbocycles. The number of benzene rings is 1. The molecule has 5 heteroatoms. The van der Waals surface area contributed by atoms with E-state index in [1.807, 2.05) is 0 Å². The number of hydrogen-bond donors (Lipinski definition) is 0. The Bertz CT molecular complexity index is 822. The molecule has 0 spiro atoms. The molecule has 4 rings (SSSR count). The van der Waals surface area contributed by atoms with Crippen LogP contribution in [0, 0.1) is 0 Å². The SMILES string of the molecule is CN(C)Cc1nc(N2CCC2)c2c(-c3ccccc3)csc2n1. The van der Waals surface area contributed by atoms with Gasteiger partial charge >= 0.3 is 0 Å². The summed E-state index contributed by atoms with van der Waals surface area (Å²) in [4.78, 5) is 15.3. The lowest BCUT2D eigenvalue weighted by Gasteiger charge is -2.33. The van der Waals surface area contributed by atoms with Gasteiger partial charge in [0.15, 0.2) is 0 Å². The number of nitrogens with zero attached hydrogens (tertiary/aromatic N) is 4. The lowest BCUT2D eigenvalue weighted by Crippen LogP contribution is -2.38. The molecule has 0 N–H and O–H groups in total. The van der Waals surface area contributed by atoms with E-state index in [1.165, 1.54) is 22.9 Å². The second-order valence-electron chi connectivity index (χ2n) is 6.24. The van der Waals surface area contributed by atoms with E-state index in [1.54, 1.807) is 11.3 Å². The summed E-state index contributed by atoms with van der Waals surface area (Å²) in [5.41, 5.74) is 2.49. The van der Waals surface area contributed by atoms with Gasteiger partial charge in [-0.05, 0) is 26.1 Å². The summed E-state index contributed by atoms with van der Waals surface area (Å²) in [5.74, 6) is 2.02. The molecule has 23 heavy (non-hydrogen) atoms. The minimum Gasteiger partial charge on any atom is -0.356 e. The van der Waals surface area contributed by atoms with Gasteiger partial charge in [0, 0.05) is 24.0 Å². The van der Waals surface area contributed by atoms with Crippen molar-refractivity contribution < 1.29 is 0 Å². The van der Waals surface area contributed by atoms with Crippen molar-refractivity contribution in [3.63, 3.8) is 0 Å². The van der Waals surface area contributed by atoms with E-state index >= 15 is 0 Å². The highest BCUT2D eigenvalue weighted by Gasteiger charge is 2.23. The van der Waals surface area contributed by atoms with Crippen molar-refractivity contribution in [2.75, 3.05) is 32.1 Å². The lowest BCUT2D eigenvalue weighted by atomic mass is 10.1. The average Bonchev–Trinajstić information content (AvgIpc) is 2.89. The van der Waals surface area contributed by atoms with E-state index in [-0.39, 0.29) is 0 Å². The van der Waals surface area contributed by atoms with Crippen molar-refractivity contribution >= 4 is 27.4 Å². The molecule has 1 aliphatic rings. The maximum atomic E-state index is 4.90. The monoisotopic (exact) mass is 324 g/mol. The second-order valence-corrected chi connectivity index (χ2v) is 7.10. The third kappa shape index (κ3) is 2.71. The number of hydrogen-bond acceptors (Lipinski definition) is 5. The van der Waals surface area contributed by atoms with Crippen LogP contribution in [0.3, 0.4) is 0 Å². The summed E-state index contributed by atoms with van der Waals surface area (Å²) in [6, 6.07) is 10.6. The van der Waals surface area contributed by atoms with Gasteiger partial charge in [-0.3, -0.25) is 0 Å². The summed E-state index contributed by atoms with van der Waals surface area (Å²) in [6.07, 6.45) is 1.25. The maximum Gasteiger partial charge on any atom is 0.146 e. The van der Waals surface area contributed by atoms with Crippen molar-refractivity contribution in [3.8, 4) is 11.1 Å². The topological polar surface area (TPSA) is 32.3 Å². The standard InChI is InChI=1S/C18H20N4S/c1-21(2)11-15-19-17(22-9-6-10-22)16-14(12-23-18(16)20-15)13-7-4-3-5-8-13/h3-5,7-8,12H,6,9-11H2,1-2H3. The Labute approximate surface area is 140 Å². The quantitative estimate of drug-likeness (QED) is 0.733. The third-order valence-corrected chi connectivity index (χ3v) is 5.03. The molecule has 0 radical (unpaired) electrons. The number of aromatic nitrogens is 2. The number of fused-ring (bicyclic) bond motifs is 1. The van der Waals surface area contributed by atoms with Crippen LogP contribution in [-0.4, -0.2) is 42.1 Å². The fourth-order valence-electron chi connectivity index (χ4n) is 2.91. The lowest BCUT2D eigenvalue weighted by molar-refractivity contribution is 0.391. The van der Waals surface area contributed by atoms with Crippen LogP contribution in [0.15, 0.2) is 35.7 Å². The van der Waals surface area contributed by atoms with Crippen LogP contribution in [0.4, 0.5) is 5.82 Å². The van der Waals surface area contributed by atoms with Crippen molar-refractivity contribution in [3.05, 3.63) is 41.5 Å². The Morgan fingerprint density at radius 3 is 2.57 bits per heavy atom. The Morgan fingerprint density at radius 1 is 1.13 bits per heavy atom. The first-order valence-electron chi connectivity index (χ1n) is 7.95. The molecule has 1 fully saturated rings. The molecule has 1 saturated heterocycles. The van der Waals surface area contributed by atoms with Crippen LogP contribution < -0.4 is 4.90 Å². The van der Waals surface area contributed by atoms with Crippen molar-refractivity contribution in [2.45, 2.75) is 13.0 Å². The van der Waals surface area contributed by atoms with Crippen LogP contribution in [-0.2, 0) is 6.54 Å². The van der Waals surface area contributed by atoms with Crippen LogP contribution >= 0.6 is 11.3 Å². The minimum atomic E-state index is 0.773. The molecule has 4 nitrogen and oxygen atoms in total. The van der Waals surface area contributed by atoms with Crippen LogP contribution in [0.1, 0.15) is 12.2 Å². The zero-order chi connectivity index (χ0) is 15.8. The maximum absolute atomic E-state index is 4.90. The van der Waals surface area contributed by atoms with Crippen LogP contribution in [0.2, 0.25) is 0 Å². The Balaban J connectivity index is 1.90. The van der Waals surface area contributed by atoms with Gasteiger partial charge in [-0.2, -0.15) is 0 Å². The molecule has 1 aliphatic heterocycles. The fourth-order valence-corrected chi connectivity index (χ4v) is 3.87. The molecule has 3 aromatic rings. The van der Waals surface area contributed by atoms with Crippen molar-refractivity contribution in [1.29, 1.82) is 0 Å². The normalized spacial score (nSPS) is 14.5. The average molecular weight is 324 g/mol. The van der Waals surface area contributed by atoms with Gasteiger partial charge in [0.2, 0.25) is 0 Å². The first-order valence-corrected chi connectivity index (χ1v) is 8.83. The van der Waals surface area contributed by atoms with Gasteiger partial charge in [0.05, 0.1) is 11.9 Å². The Kier molecular flexibility index (Phi) is 3.75. The van der Waals surface area contributed by atoms with E-state index in [9.17, 15) is 0 Å². The second kappa shape index (κ2) is 5.91. The molecule has 118 valence electrons. The first kappa shape index (κ1) is 14.6. The highest BCUT2D eigenvalue weighted by molar-refractivity contribution is 7.17. The number of thiophene rings is 1. The summed E-state index contributed by atoms with van der Waals surface area (Å²) in [5, 5.41) is 3.43. The van der Waals surface area contributed by atoms with Crippen molar-refractivity contribution in [2.24, 2.45) is 0 Å².